The maximum Gasteiger partial charge on any atom is 0.0633 e. The van der Waals surface area contributed by atoms with Crippen LogP contribution in [0.15, 0.2) is 11.6 Å². The molecule has 0 aliphatic heterocycles. The summed E-state index contributed by atoms with van der Waals surface area (Å²) >= 11 is 0. The molecular weight excluding hydrogens is 176 g/mol. The molecular formula is C12H24O2. The third-order valence-electron chi connectivity index (χ3n) is 2.83. The van der Waals surface area contributed by atoms with Crippen LogP contribution in [0, 0.1) is 5.92 Å². The van der Waals surface area contributed by atoms with Crippen molar-refractivity contribution in [2.45, 2.75) is 46.1 Å². The maximum absolute atomic E-state index is 8.80. The summed E-state index contributed by atoms with van der Waals surface area (Å²) in [7, 11) is 1.77. The van der Waals surface area contributed by atoms with Gasteiger partial charge < -0.3 is 9.84 Å². The van der Waals surface area contributed by atoms with Gasteiger partial charge in [-0.1, -0.05) is 38.3 Å². The van der Waals surface area contributed by atoms with Crippen molar-refractivity contribution in [1.82, 2.24) is 0 Å². The Labute approximate surface area is 88.0 Å². The molecule has 0 saturated heterocycles. The van der Waals surface area contributed by atoms with Crippen LogP contribution in [0.1, 0.15) is 40.0 Å². The lowest BCUT2D eigenvalue weighted by Gasteiger charge is -2.23. The topological polar surface area (TPSA) is 29.5 Å². The van der Waals surface area contributed by atoms with Crippen LogP contribution < -0.4 is 0 Å². The second kappa shape index (κ2) is 8.01. The minimum atomic E-state index is 0.125. The van der Waals surface area contributed by atoms with E-state index in [1.54, 1.807) is 7.11 Å². The Morgan fingerprint density at radius 2 is 2.14 bits per heavy atom. The lowest BCUT2D eigenvalue weighted by molar-refractivity contribution is 0.0617. The Balaban J connectivity index is 4.15. The lowest BCUT2D eigenvalue weighted by Crippen LogP contribution is -2.21. The second-order valence-electron chi connectivity index (χ2n) is 3.84. The van der Waals surface area contributed by atoms with E-state index in [1.807, 2.05) is 6.08 Å². The molecule has 0 bridgehead atoms. The van der Waals surface area contributed by atoms with Crippen molar-refractivity contribution in [3.63, 3.8) is 0 Å². The molecule has 14 heavy (non-hydrogen) atoms. The van der Waals surface area contributed by atoms with Crippen LogP contribution in [0.4, 0.5) is 0 Å². The number of unbranched alkanes of at least 4 members (excludes halogenated alkanes) is 1. The Morgan fingerprint density at radius 1 is 1.50 bits per heavy atom. The summed E-state index contributed by atoms with van der Waals surface area (Å²) in [4.78, 5) is 0. The molecule has 0 rings (SSSR count). The Hall–Kier alpha value is -0.340. The number of aliphatic hydroxyl groups excluding tert-OH is 1. The van der Waals surface area contributed by atoms with Crippen molar-refractivity contribution in [2.75, 3.05) is 13.7 Å². The highest BCUT2D eigenvalue weighted by Crippen LogP contribution is 2.20. The van der Waals surface area contributed by atoms with Crippen LogP contribution in [-0.4, -0.2) is 24.9 Å². The van der Waals surface area contributed by atoms with Gasteiger partial charge >= 0.3 is 0 Å². The van der Waals surface area contributed by atoms with E-state index in [4.69, 9.17) is 9.84 Å². The minimum absolute atomic E-state index is 0.125. The predicted molar refractivity (Wildman–Crippen MR) is 60.3 cm³/mol. The van der Waals surface area contributed by atoms with Crippen LogP contribution in [-0.2, 0) is 4.74 Å². The average Bonchev–Trinajstić information content (AvgIpc) is 2.19. The molecule has 0 radical (unpaired) electrons. The number of aliphatic hydroxyl groups is 1. The van der Waals surface area contributed by atoms with E-state index >= 15 is 0 Å². The van der Waals surface area contributed by atoms with Gasteiger partial charge in [0.25, 0.3) is 0 Å². The summed E-state index contributed by atoms with van der Waals surface area (Å²) in [5.41, 5.74) is 1.22. The van der Waals surface area contributed by atoms with Crippen LogP contribution in [0.25, 0.3) is 0 Å². The molecule has 0 amide bonds. The van der Waals surface area contributed by atoms with Crippen molar-refractivity contribution in [2.24, 2.45) is 5.92 Å². The molecule has 0 heterocycles. The lowest BCUT2D eigenvalue weighted by atomic mass is 9.92. The quantitative estimate of drug-likeness (QED) is 0.640. The first-order chi connectivity index (χ1) is 6.67. The third-order valence-corrected chi connectivity index (χ3v) is 2.83. The van der Waals surface area contributed by atoms with Crippen molar-refractivity contribution in [3.8, 4) is 0 Å². The number of rotatable bonds is 7. The minimum Gasteiger partial charge on any atom is -0.392 e. The Kier molecular flexibility index (Phi) is 7.81. The fourth-order valence-electron chi connectivity index (χ4n) is 1.60. The average molecular weight is 200 g/mol. The highest BCUT2D eigenvalue weighted by atomic mass is 16.5. The van der Waals surface area contributed by atoms with E-state index in [-0.39, 0.29) is 12.7 Å². The molecule has 0 aromatic carbocycles. The molecule has 84 valence electrons. The van der Waals surface area contributed by atoms with Gasteiger partial charge in [0.1, 0.15) is 0 Å². The molecule has 0 fully saturated rings. The first-order valence-electron chi connectivity index (χ1n) is 5.47. The molecule has 0 spiro atoms. The molecule has 2 atom stereocenters. The van der Waals surface area contributed by atoms with Crippen LogP contribution in [0.3, 0.4) is 0 Å². The second-order valence-corrected chi connectivity index (χ2v) is 3.84. The van der Waals surface area contributed by atoms with Gasteiger partial charge in [0.2, 0.25) is 0 Å². The van der Waals surface area contributed by atoms with Crippen LogP contribution >= 0.6 is 0 Å². The summed E-state index contributed by atoms with van der Waals surface area (Å²) in [6, 6.07) is 0. The van der Waals surface area contributed by atoms with Crippen molar-refractivity contribution in [3.05, 3.63) is 11.6 Å². The normalized spacial score (nSPS) is 16.8. The number of ether oxygens (including phenoxy) is 1. The number of hydrogen-bond donors (Lipinski definition) is 1. The zero-order chi connectivity index (χ0) is 11.0. The monoisotopic (exact) mass is 200 g/mol. The molecule has 0 aliphatic carbocycles. The van der Waals surface area contributed by atoms with Crippen LogP contribution in [0.2, 0.25) is 0 Å². The highest BCUT2D eigenvalue weighted by Gasteiger charge is 2.17. The summed E-state index contributed by atoms with van der Waals surface area (Å²) in [6.45, 7) is 6.53. The number of hydrogen-bond acceptors (Lipinski definition) is 2. The molecule has 2 unspecified atom stereocenters. The SMILES string of the molecule is CCCCC(OC)C(C)C(C)=CCO. The van der Waals surface area contributed by atoms with Crippen LogP contribution in [0.5, 0.6) is 0 Å². The molecule has 0 aromatic rings. The predicted octanol–water partition coefficient (Wildman–Crippen LogP) is 2.77. The van der Waals surface area contributed by atoms with Gasteiger partial charge in [-0.05, 0) is 13.3 Å². The zero-order valence-electron chi connectivity index (χ0n) is 9.92. The molecule has 2 heteroatoms. The fourth-order valence-corrected chi connectivity index (χ4v) is 1.60. The van der Waals surface area contributed by atoms with Gasteiger partial charge in [0.05, 0.1) is 12.7 Å². The largest absolute Gasteiger partial charge is 0.392 e. The van der Waals surface area contributed by atoms with E-state index in [0.717, 1.165) is 6.42 Å². The first kappa shape index (κ1) is 13.7. The van der Waals surface area contributed by atoms with Gasteiger partial charge in [0, 0.05) is 13.0 Å². The van der Waals surface area contributed by atoms with E-state index in [0.29, 0.717) is 5.92 Å². The summed E-state index contributed by atoms with van der Waals surface area (Å²) < 4.78 is 5.46. The van der Waals surface area contributed by atoms with E-state index in [1.165, 1.54) is 18.4 Å². The van der Waals surface area contributed by atoms with Crippen molar-refractivity contribution >= 4 is 0 Å². The van der Waals surface area contributed by atoms with Crippen molar-refractivity contribution in [1.29, 1.82) is 0 Å². The smallest absolute Gasteiger partial charge is 0.0633 e. The fraction of sp³-hybridized carbons (Fsp3) is 0.833. The molecule has 0 aliphatic rings. The summed E-state index contributed by atoms with van der Waals surface area (Å²) in [5.74, 6) is 0.402. The highest BCUT2D eigenvalue weighted by molar-refractivity contribution is 5.04. The van der Waals surface area contributed by atoms with Gasteiger partial charge in [-0.15, -0.1) is 0 Å². The zero-order valence-corrected chi connectivity index (χ0v) is 9.92. The standard InChI is InChI=1S/C12H24O2/c1-5-6-7-12(14-4)11(3)10(2)8-9-13/h8,11-13H,5-7,9H2,1-4H3. The molecule has 2 nitrogen and oxygen atoms in total. The van der Waals surface area contributed by atoms with Gasteiger partial charge in [-0.3, -0.25) is 0 Å². The molecule has 1 N–H and O–H groups in total. The van der Waals surface area contributed by atoms with E-state index in [9.17, 15) is 0 Å². The summed E-state index contributed by atoms with van der Waals surface area (Å²) in [5, 5.41) is 8.80. The maximum atomic E-state index is 8.80. The Morgan fingerprint density at radius 3 is 2.57 bits per heavy atom. The van der Waals surface area contributed by atoms with E-state index < -0.39 is 0 Å². The number of methoxy groups -OCH3 is 1. The Bertz CT molecular complexity index is 164. The van der Waals surface area contributed by atoms with Gasteiger partial charge in [-0.25, -0.2) is 0 Å². The molecule has 0 saturated carbocycles. The first-order valence-corrected chi connectivity index (χ1v) is 5.47. The van der Waals surface area contributed by atoms with E-state index in [2.05, 4.69) is 20.8 Å². The molecule has 0 aromatic heterocycles. The van der Waals surface area contributed by atoms with Gasteiger partial charge in [0.15, 0.2) is 0 Å². The van der Waals surface area contributed by atoms with Gasteiger partial charge in [-0.2, -0.15) is 0 Å². The van der Waals surface area contributed by atoms with Crippen molar-refractivity contribution < 1.29 is 9.84 Å². The third kappa shape index (κ3) is 4.77. The summed E-state index contributed by atoms with van der Waals surface area (Å²) in [6.07, 6.45) is 5.66.